The Bertz CT molecular complexity index is 135. The van der Waals surface area contributed by atoms with Gasteiger partial charge in [-0.3, -0.25) is 4.90 Å². The summed E-state index contributed by atoms with van der Waals surface area (Å²) in [7, 11) is 6.96. The van der Waals surface area contributed by atoms with Crippen molar-refractivity contribution >= 4 is 9.52 Å². The molecule has 0 amide bonds. The van der Waals surface area contributed by atoms with E-state index in [0.717, 1.165) is 6.04 Å². The van der Waals surface area contributed by atoms with Crippen LogP contribution in [0.2, 0.25) is 6.04 Å². The largest absolute Gasteiger partial charge is 0.341 e. The van der Waals surface area contributed by atoms with E-state index in [0.29, 0.717) is 0 Å². The van der Waals surface area contributed by atoms with Crippen molar-refractivity contribution in [3.63, 3.8) is 0 Å². The summed E-state index contributed by atoms with van der Waals surface area (Å²) < 4.78 is 10.7. The molecule has 0 bridgehead atoms. The molecule has 3 nitrogen and oxygen atoms in total. The highest BCUT2D eigenvalue weighted by molar-refractivity contribution is 6.42. The number of rotatable bonds is 6. The molecule has 72 valence electrons. The minimum absolute atomic E-state index is 0.275. The Hall–Kier alpha value is -0.163. The molecule has 0 heterocycles. The maximum Gasteiger partial charge on any atom is 0.226 e. The maximum absolute atomic E-state index is 5.34. The first kappa shape index (κ1) is 11.8. The van der Waals surface area contributed by atoms with Crippen LogP contribution >= 0.6 is 0 Å². The highest BCUT2D eigenvalue weighted by atomic mass is 28.2. The summed E-state index contributed by atoms with van der Waals surface area (Å²) in [6.45, 7) is 3.72. The minimum atomic E-state index is -0.541. The highest BCUT2D eigenvalue weighted by Gasteiger charge is 2.31. The molecular formula is C8H19NO2Si. The standard InChI is InChI=1S/C8H19NO2Si/c1-6-12-7-8(10-4,11-5)9(2)3/h6H,1,7,12H2,2-5H3. The van der Waals surface area contributed by atoms with Crippen molar-refractivity contribution in [2.24, 2.45) is 0 Å². The van der Waals surface area contributed by atoms with Gasteiger partial charge in [-0.1, -0.05) is 0 Å². The molecule has 0 N–H and O–H groups in total. The number of methoxy groups -OCH3 is 2. The summed E-state index contributed by atoms with van der Waals surface area (Å²) in [6.07, 6.45) is 0. The van der Waals surface area contributed by atoms with Crippen molar-refractivity contribution in [2.45, 2.75) is 12.0 Å². The summed E-state index contributed by atoms with van der Waals surface area (Å²) in [5, 5.41) is 0. The zero-order chi connectivity index (χ0) is 9.61. The number of nitrogens with zero attached hydrogens (tertiary/aromatic N) is 1. The fourth-order valence-corrected chi connectivity index (χ4v) is 2.59. The van der Waals surface area contributed by atoms with Crippen LogP contribution in [0, 0.1) is 0 Å². The molecule has 0 spiro atoms. The van der Waals surface area contributed by atoms with Gasteiger partial charge in [-0.25, -0.2) is 0 Å². The van der Waals surface area contributed by atoms with E-state index in [1.54, 1.807) is 14.2 Å². The lowest BCUT2D eigenvalue weighted by atomic mass is 10.5. The predicted octanol–water partition coefficient (Wildman–Crippen LogP) is 0.225. The van der Waals surface area contributed by atoms with Gasteiger partial charge in [0.25, 0.3) is 0 Å². The molecule has 0 rings (SSSR count). The van der Waals surface area contributed by atoms with E-state index in [1.165, 1.54) is 0 Å². The van der Waals surface area contributed by atoms with Gasteiger partial charge in [0.15, 0.2) is 0 Å². The summed E-state index contributed by atoms with van der Waals surface area (Å²) in [4.78, 5) is 1.95. The van der Waals surface area contributed by atoms with Crippen LogP contribution in [0.5, 0.6) is 0 Å². The average molecular weight is 189 g/mol. The van der Waals surface area contributed by atoms with Crippen LogP contribution in [-0.4, -0.2) is 48.6 Å². The van der Waals surface area contributed by atoms with Gasteiger partial charge in [-0.05, 0) is 14.1 Å². The van der Waals surface area contributed by atoms with Crippen molar-refractivity contribution in [2.75, 3.05) is 28.3 Å². The molecule has 0 aromatic carbocycles. The van der Waals surface area contributed by atoms with Gasteiger partial charge in [0.1, 0.15) is 0 Å². The predicted molar refractivity (Wildman–Crippen MR) is 54.0 cm³/mol. The van der Waals surface area contributed by atoms with Crippen molar-refractivity contribution in [3.8, 4) is 0 Å². The molecule has 0 saturated heterocycles. The Balaban J connectivity index is 4.24. The fourth-order valence-electron chi connectivity index (χ4n) is 1.16. The third-order valence-electron chi connectivity index (χ3n) is 1.98. The Labute approximate surface area is 77.2 Å². The van der Waals surface area contributed by atoms with Crippen molar-refractivity contribution < 1.29 is 9.47 Å². The molecule has 0 aliphatic carbocycles. The molecule has 0 aliphatic heterocycles. The Morgan fingerprint density at radius 1 is 1.42 bits per heavy atom. The third kappa shape index (κ3) is 2.71. The molecule has 0 aromatic heterocycles. The van der Waals surface area contributed by atoms with Gasteiger partial charge in [0, 0.05) is 20.3 Å². The van der Waals surface area contributed by atoms with Gasteiger partial charge < -0.3 is 9.47 Å². The zero-order valence-corrected chi connectivity index (χ0v) is 9.88. The molecule has 0 fully saturated rings. The lowest BCUT2D eigenvalue weighted by molar-refractivity contribution is -0.269. The van der Waals surface area contributed by atoms with Crippen LogP contribution in [0.1, 0.15) is 0 Å². The first-order valence-electron chi connectivity index (χ1n) is 4.01. The highest BCUT2D eigenvalue weighted by Crippen LogP contribution is 2.18. The van der Waals surface area contributed by atoms with E-state index >= 15 is 0 Å². The lowest BCUT2D eigenvalue weighted by Gasteiger charge is -2.36. The molecule has 0 unspecified atom stereocenters. The third-order valence-corrected chi connectivity index (χ3v) is 3.31. The van der Waals surface area contributed by atoms with Crippen molar-refractivity contribution in [3.05, 3.63) is 12.3 Å². The van der Waals surface area contributed by atoms with E-state index in [9.17, 15) is 0 Å². The average Bonchev–Trinajstić information content (AvgIpc) is 2.07. The SMILES string of the molecule is C=C[SiH2]CC(OC)(OC)N(C)C. The monoisotopic (exact) mass is 189 g/mol. The second kappa shape index (κ2) is 5.48. The number of hydrogen-bond donors (Lipinski definition) is 0. The second-order valence-electron chi connectivity index (χ2n) is 2.84. The fraction of sp³-hybridized carbons (Fsp3) is 0.750. The Morgan fingerprint density at radius 2 is 1.92 bits per heavy atom. The second-order valence-corrected chi connectivity index (χ2v) is 4.50. The van der Waals surface area contributed by atoms with Crippen LogP contribution in [0.3, 0.4) is 0 Å². The summed E-state index contributed by atoms with van der Waals surface area (Å²) in [5.74, 6) is -0.541. The maximum atomic E-state index is 5.34. The van der Waals surface area contributed by atoms with Crippen LogP contribution in [-0.2, 0) is 9.47 Å². The van der Waals surface area contributed by atoms with E-state index in [2.05, 4.69) is 6.58 Å². The summed E-state index contributed by atoms with van der Waals surface area (Å²) in [6, 6.07) is 0.927. The number of ether oxygens (including phenoxy) is 2. The first-order chi connectivity index (χ1) is 5.63. The smallest absolute Gasteiger partial charge is 0.226 e. The molecule has 0 saturated carbocycles. The van der Waals surface area contributed by atoms with Gasteiger partial charge in [0.05, 0.1) is 9.52 Å². The Morgan fingerprint density at radius 3 is 2.17 bits per heavy atom. The topological polar surface area (TPSA) is 21.7 Å². The van der Waals surface area contributed by atoms with Gasteiger partial charge in [-0.15, -0.1) is 12.3 Å². The van der Waals surface area contributed by atoms with Crippen LogP contribution in [0.25, 0.3) is 0 Å². The van der Waals surface area contributed by atoms with Gasteiger partial charge >= 0.3 is 0 Å². The molecule has 0 radical (unpaired) electrons. The van der Waals surface area contributed by atoms with Crippen molar-refractivity contribution in [1.82, 2.24) is 4.90 Å². The van der Waals surface area contributed by atoms with Crippen LogP contribution in [0.4, 0.5) is 0 Å². The quantitative estimate of drug-likeness (QED) is 0.441. The van der Waals surface area contributed by atoms with Gasteiger partial charge in [-0.2, -0.15) is 0 Å². The van der Waals surface area contributed by atoms with Crippen LogP contribution in [0.15, 0.2) is 12.3 Å². The van der Waals surface area contributed by atoms with E-state index in [1.807, 2.05) is 24.7 Å². The van der Waals surface area contributed by atoms with E-state index < -0.39 is 5.91 Å². The molecular weight excluding hydrogens is 170 g/mol. The lowest BCUT2D eigenvalue weighted by Crippen LogP contribution is -2.48. The zero-order valence-electron chi connectivity index (χ0n) is 8.46. The molecule has 4 heteroatoms. The molecule has 12 heavy (non-hydrogen) atoms. The Kier molecular flexibility index (Phi) is 5.40. The summed E-state index contributed by atoms with van der Waals surface area (Å²) in [5.41, 5.74) is 2.00. The minimum Gasteiger partial charge on any atom is -0.341 e. The van der Waals surface area contributed by atoms with E-state index in [-0.39, 0.29) is 9.52 Å². The number of hydrogen-bond acceptors (Lipinski definition) is 3. The molecule has 0 aromatic rings. The first-order valence-corrected chi connectivity index (χ1v) is 5.83. The van der Waals surface area contributed by atoms with Crippen molar-refractivity contribution in [1.29, 1.82) is 0 Å². The summed E-state index contributed by atoms with van der Waals surface area (Å²) >= 11 is 0. The molecule has 0 atom stereocenters. The molecule has 0 aliphatic rings. The van der Waals surface area contributed by atoms with Crippen LogP contribution < -0.4 is 0 Å². The normalized spacial score (nSPS) is 13.1. The van der Waals surface area contributed by atoms with Gasteiger partial charge in [0.2, 0.25) is 5.91 Å². The van der Waals surface area contributed by atoms with E-state index in [4.69, 9.17) is 9.47 Å².